The molecule has 1 fully saturated rings. The van der Waals surface area contributed by atoms with Crippen molar-refractivity contribution < 1.29 is 23.1 Å². The van der Waals surface area contributed by atoms with Crippen molar-refractivity contribution in [2.24, 2.45) is 11.8 Å². The van der Waals surface area contributed by atoms with E-state index in [0.717, 1.165) is 18.1 Å². The van der Waals surface area contributed by atoms with Crippen LogP contribution in [0.2, 0.25) is 10.0 Å². The lowest BCUT2D eigenvalue weighted by atomic mass is 9.79. The van der Waals surface area contributed by atoms with E-state index < -0.39 is 17.7 Å². The molecule has 1 N–H and O–H groups in total. The molecule has 158 valence electrons. The summed E-state index contributed by atoms with van der Waals surface area (Å²) in [7, 11) is 0. The van der Waals surface area contributed by atoms with Crippen LogP contribution < -0.4 is 0 Å². The zero-order valence-corrected chi connectivity index (χ0v) is 17.1. The minimum atomic E-state index is -4.35. The van der Waals surface area contributed by atoms with E-state index in [-0.39, 0.29) is 30.7 Å². The summed E-state index contributed by atoms with van der Waals surface area (Å²) in [6, 6.07) is 5.37. The SMILES string of the molecule is O=C(O)C[C@H]1CCN(Cc2ccc(Cl)c(Cl)c2)[C@@H](C2C=CC(C(F)(F)F)=CC2)C1. The van der Waals surface area contributed by atoms with Crippen molar-refractivity contribution in [3.8, 4) is 0 Å². The Morgan fingerprint density at radius 2 is 2.00 bits per heavy atom. The third-order valence-corrected chi connectivity index (χ3v) is 6.39. The number of alkyl halides is 3. The lowest BCUT2D eigenvalue weighted by Crippen LogP contribution is -2.46. The van der Waals surface area contributed by atoms with Gasteiger partial charge in [-0.25, -0.2) is 0 Å². The number of carbonyl (C=O) groups is 1. The molecular formula is C21H22Cl2F3NO2. The number of hydrogen-bond acceptors (Lipinski definition) is 2. The smallest absolute Gasteiger partial charge is 0.416 e. The average Bonchev–Trinajstić information content (AvgIpc) is 2.65. The maximum Gasteiger partial charge on any atom is 0.416 e. The number of nitrogens with zero attached hydrogens (tertiary/aromatic N) is 1. The number of allylic oxidation sites excluding steroid dienone is 3. The second-order valence-corrected chi connectivity index (χ2v) is 8.50. The highest BCUT2D eigenvalue weighted by Gasteiger charge is 2.37. The molecular weight excluding hydrogens is 426 g/mol. The molecule has 1 aromatic rings. The Labute approximate surface area is 177 Å². The van der Waals surface area contributed by atoms with Crippen LogP contribution in [0.1, 0.15) is 31.2 Å². The van der Waals surface area contributed by atoms with E-state index in [2.05, 4.69) is 4.90 Å². The number of rotatable bonds is 5. The summed E-state index contributed by atoms with van der Waals surface area (Å²) in [6.45, 7) is 1.27. The Morgan fingerprint density at radius 3 is 2.59 bits per heavy atom. The van der Waals surface area contributed by atoms with Gasteiger partial charge in [-0.05, 0) is 55.3 Å². The Bertz CT molecular complexity index is 823. The Morgan fingerprint density at radius 1 is 1.24 bits per heavy atom. The highest BCUT2D eigenvalue weighted by molar-refractivity contribution is 6.42. The van der Waals surface area contributed by atoms with E-state index in [1.807, 2.05) is 6.07 Å². The fourth-order valence-electron chi connectivity index (χ4n) is 4.20. The second-order valence-electron chi connectivity index (χ2n) is 7.69. The van der Waals surface area contributed by atoms with Crippen LogP contribution in [-0.4, -0.2) is 34.7 Å². The summed E-state index contributed by atoms with van der Waals surface area (Å²) in [5.74, 6) is -0.922. The normalized spacial score (nSPS) is 25.7. The fourth-order valence-corrected chi connectivity index (χ4v) is 4.52. The number of hydrogen-bond donors (Lipinski definition) is 1. The molecule has 3 rings (SSSR count). The number of aliphatic carboxylic acids is 1. The predicted octanol–water partition coefficient (Wildman–Crippen LogP) is 6.11. The number of piperidine rings is 1. The third kappa shape index (κ3) is 5.77. The number of carboxylic acid groups (broad SMARTS) is 1. The molecule has 0 amide bonds. The Balaban J connectivity index is 1.77. The van der Waals surface area contributed by atoms with Gasteiger partial charge < -0.3 is 5.11 Å². The molecule has 0 radical (unpaired) electrons. The molecule has 1 unspecified atom stereocenters. The van der Waals surface area contributed by atoms with Gasteiger partial charge in [-0.15, -0.1) is 0 Å². The van der Waals surface area contributed by atoms with E-state index in [4.69, 9.17) is 28.3 Å². The summed E-state index contributed by atoms with van der Waals surface area (Å²) in [6.07, 6.45) is 1.40. The van der Waals surface area contributed by atoms with Crippen molar-refractivity contribution in [3.63, 3.8) is 0 Å². The van der Waals surface area contributed by atoms with Gasteiger partial charge in [-0.1, -0.05) is 47.5 Å². The van der Waals surface area contributed by atoms with Crippen LogP contribution in [0.25, 0.3) is 0 Å². The molecule has 3 nitrogen and oxygen atoms in total. The number of halogens is 5. The average molecular weight is 448 g/mol. The van der Waals surface area contributed by atoms with Gasteiger partial charge in [0, 0.05) is 19.0 Å². The second kappa shape index (κ2) is 9.11. The molecule has 1 heterocycles. The fraction of sp³-hybridized carbons (Fsp3) is 0.476. The van der Waals surface area contributed by atoms with E-state index in [9.17, 15) is 18.0 Å². The van der Waals surface area contributed by atoms with Gasteiger partial charge in [0.2, 0.25) is 0 Å². The molecule has 1 aromatic carbocycles. The van der Waals surface area contributed by atoms with Gasteiger partial charge in [0.25, 0.3) is 0 Å². The highest BCUT2D eigenvalue weighted by atomic mass is 35.5. The van der Waals surface area contributed by atoms with Crippen LogP contribution >= 0.6 is 23.2 Å². The van der Waals surface area contributed by atoms with Crippen molar-refractivity contribution in [2.45, 2.75) is 44.4 Å². The van der Waals surface area contributed by atoms with Gasteiger partial charge in [0.05, 0.1) is 15.6 Å². The maximum absolute atomic E-state index is 12.9. The van der Waals surface area contributed by atoms with Gasteiger partial charge >= 0.3 is 12.1 Å². The summed E-state index contributed by atoms with van der Waals surface area (Å²) < 4.78 is 38.8. The molecule has 0 spiro atoms. The lowest BCUT2D eigenvalue weighted by Gasteiger charge is -2.43. The van der Waals surface area contributed by atoms with Gasteiger partial charge in [-0.3, -0.25) is 9.69 Å². The zero-order valence-electron chi connectivity index (χ0n) is 15.6. The van der Waals surface area contributed by atoms with Crippen molar-refractivity contribution in [3.05, 3.63) is 57.6 Å². The minimum absolute atomic E-state index is 0.0175. The van der Waals surface area contributed by atoms with Gasteiger partial charge in [0.1, 0.15) is 0 Å². The number of likely N-dealkylation sites (tertiary alicyclic amines) is 1. The number of benzene rings is 1. The maximum atomic E-state index is 12.9. The molecule has 8 heteroatoms. The van der Waals surface area contributed by atoms with Crippen molar-refractivity contribution in [1.82, 2.24) is 4.90 Å². The van der Waals surface area contributed by atoms with Gasteiger partial charge in [-0.2, -0.15) is 13.2 Å². The van der Waals surface area contributed by atoms with E-state index >= 15 is 0 Å². The summed E-state index contributed by atoms with van der Waals surface area (Å²) >= 11 is 12.1. The Kier molecular flexibility index (Phi) is 6.97. The van der Waals surface area contributed by atoms with Gasteiger partial charge in [0.15, 0.2) is 0 Å². The molecule has 1 aliphatic carbocycles. The predicted molar refractivity (Wildman–Crippen MR) is 107 cm³/mol. The van der Waals surface area contributed by atoms with E-state index in [1.165, 1.54) is 6.08 Å². The zero-order chi connectivity index (χ0) is 21.2. The summed E-state index contributed by atoms with van der Waals surface area (Å²) in [4.78, 5) is 13.4. The number of carboxylic acids is 1. The first-order chi connectivity index (χ1) is 13.6. The summed E-state index contributed by atoms with van der Waals surface area (Å²) in [5.41, 5.74) is 0.343. The molecule has 2 aliphatic rings. The van der Waals surface area contributed by atoms with Crippen LogP contribution in [0.5, 0.6) is 0 Å². The van der Waals surface area contributed by atoms with Crippen LogP contribution in [-0.2, 0) is 11.3 Å². The largest absolute Gasteiger partial charge is 0.481 e. The highest BCUT2D eigenvalue weighted by Crippen LogP contribution is 2.37. The molecule has 0 aromatic heterocycles. The van der Waals surface area contributed by atoms with Crippen LogP contribution in [0, 0.1) is 11.8 Å². The topological polar surface area (TPSA) is 40.5 Å². The first kappa shape index (κ1) is 22.2. The monoisotopic (exact) mass is 447 g/mol. The first-order valence-corrected chi connectivity index (χ1v) is 10.2. The quantitative estimate of drug-likeness (QED) is 0.591. The Hall–Kier alpha value is -1.50. The molecule has 1 saturated heterocycles. The van der Waals surface area contributed by atoms with E-state index in [1.54, 1.807) is 18.2 Å². The molecule has 1 aliphatic heterocycles. The van der Waals surface area contributed by atoms with E-state index in [0.29, 0.717) is 29.6 Å². The molecule has 29 heavy (non-hydrogen) atoms. The van der Waals surface area contributed by atoms with Crippen LogP contribution in [0.15, 0.2) is 42.0 Å². The lowest BCUT2D eigenvalue weighted by molar-refractivity contribution is -0.138. The van der Waals surface area contributed by atoms with Crippen LogP contribution in [0.4, 0.5) is 13.2 Å². The molecule has 3 atom stereocenters. The molecule has 0 bridgehead atoms. The van der Waals surface area contributed by atoms with Crippen molar-refractivity contribution >= 4 is 29.2 Å². The molecule has 0 saturated carbocycles. The summed E-state index contributed by atoms with van der Waals surface area (Å²) in [5, 5.41) is 10.1. The first-order valence-electron chi connectivity index (χ1n) is 9.49. The van der Waals surface area contributed by atoms with Crippen molar-refractivity contribution in [2.75, 3.05) is 6.54 Å². The van der Waals surface area contributed by atoms with Crippen LogP contribution in [0.3, 0.4) is 0 Å². The minimum Gasteiger partial charge on any atom is -0.481 e. The third-order valence-electron chi connectivity index (χ3n) is 5.66. The standard InChI is InChI=1S/C21H22Cl2F3NO2/c22-17-6-1-14(9-18(17)23)12-27-8-7-13(11-20(28)29)10-19(27)15-2-4-16(5-3-15)21(24,25)26/h1-2,4-6,9,13,15,19H,3,7-8,10-12H2,(H,28,29)/t13-,15?,19+/m0/s1. The van der Waals surface area contributed by atoms with Crippen molar-refractivity contribution in [1.29, 1.82) is 0 Å².